The van der Waals surface area contributed by atoms with Crippen molar-refractivity contribution in [1.29, 1.82) is 0 Å². The van der Waals surface area contributed by atoms with Crippen molar-refractivity contribution in [2.75, 3.05) is 0 Å². The molecular weight excluding hydrogens is 148 g/mol. The van der Waals surface area contributed by atoms with Crippen LogP contribution in [0.5, 0.6) is 0 Å². The van der Waals surface area contributed by atoms with Crippen LogP contribution in [0.4, 0.5) is 0 Å². The largest absolute Gasteiger partial charge is 0.389 e. The Morgan fingerprint density at radius 2 is 1.92 bits per heavy atom. The van der Waals surface area contributed by atoms with Crippen LogP contribution >= 0.6 is 0 Å². The van der Waals surface area contributed by atoms with Gasteiger partial charge >= 0.3 is 0 Å². The van der Waals surface area contributed by atoms with E-state index < -0.39 is 0 Å². The van der Waals surface area contributed by atoms with Gasteiger partial charge < -0.3 is 5.11 Å². The average Bonchev–Trinajstić information content (AvgIpc) is 1.84. The molecule has 0 aliphatic carbocycles. The van der Waals surface area contributed by atoms with Crippen molar-refractivity contribution in [3.63, 3.8) is 0 Å². The van der Waals surface area contributed by atoms with Gasteiger partial charge in [-0.1, -0.05) is 46.3 Å². The van der Waals surface area contributed by atoms with Gasteiger partial charge in [0.25, 0.3) is 0 Å². The third-order valence-corrected chi connectivity index (χ3v) is 1.64. The monoisotopic (exact) mass is 170 g/mol. The van der Waals surface area contributed by atoms with E-state index >= 15 is 0 Å². The number of hydrogen-bond acceptors (Lipinski definition) is 1. The summed E-state index contributed by atoms with van der Waals surface area (Å²) in [5.41, 5.74) is 0.218. The van der Waals surface area contributed by atoms with E-state index in [4.69, 9.17) is 0 Å². The first-order chi connectivity index (χ1) is 5.45. The summed E-state index contributed by atoms with van der Waals surface area (Å²) in [6.45, 7) is 8.57. The Balaban J connectivity index is 3.66. The fraction of sp³-hybridized carbons (Fsp3) is 0.818. The molecule has 1 atom stereocenters. The van der Waals surface area contributed by atoms with E-state index in [2.05, 4.69) is 33.8 Å². The third-order valence-electron chi connectivity index (χ3n) is 1.64. The highest BCUT2D eigenvalue weighted by molar-refractivity contribution is 4.90. The van der Waals surface area contributed by atoms with E-state index in [-0.39, 0.29) is 11.5 Å². The Morgan fingerprint density at radius 3 is 2.33 bits per heavy atom. The van der Waals surface area contributed by atoms with Crippen LogP contribution in [-0.4, -0.2) is 11.2 Å². The molecule has 0 saturated heterocycles. The van der Waals surface area contributed by atoms with Crippen LogP contribution in [0.2, 0.25) is 0 Å². The van der Waals surface area contributed by atoms with Crippen LogP contribution in [0.15, 0.2) is 12.2 Å². The maximum Gasteiger partial charge on any atom is 0.0725 e. The first-order valence-corrected chi connectivity index (χ1v) is 4.80. The highest BCUT2D eigenvalue weighted by Crippen LogP contribution is 2.21. The van der Waals surface area contributed by atoms with E-state index in [0.717, 1.165) is 19.3 Å². The van der Waals surface area contributed by atoms with Gasteiger partial charge in [0.05, 0.1) is 6.10 Å². The Bertz CT molecular complexity index is 130. The molecule has 12 heavy (non-hydrogen) atoms. The molecule has 0 saturated carbocycles. The lowest BCUT2D eigenvalue weighted by Crippen LogP contribution is -2.15. The van der Waals surface area contributed by atoms with Crippen LogP contribution in [0, 0.1) is 5.41 Å². The zero-order chi connectivity index (χ0) is 9.61. The van der Waals surface area contributed by atoms with E-state index in [9.17, 15) is 5.11 Å². The van der Waals surface area contributed by atoms with Crippen molar-refractivity contribution in [3.8, 4) is 0 Å². The minimum Gasteiger partial charge on any atom is -0.389 e. The van der Waals surface area contributed by atoms with Gasteiger partial charge in [-0.25, -0.2) is 0 Å². The lowest BCUT2D eigenvalue weighted by atomic mass is 9.89. The van der Waals surface area contributed by atoms with Gasteiger partial charge in [-0.2, -0.15) is 0 Å². The number of hydrogen-bond donors (Lipinski definition) is 1. The summed E-state index contributed by atoms with van der Waals surface area (Å²) in [7, 11) is 0. The van der Waals surface area contributed by atoms with Crippen molar-refractivity contribution in [3.05, 3.63) is 12.2 Å². The van der Waals surface area contributed by atoms with Crippen molar-refractivity contribution >= 4 is 0 Å². The third kappa shape index (κ3) is 7.80. The molecule has 1 heteroatoms. The molecule has 1 nitrogen and oxygen atoms in total. The van der Waals surface area contributed by atoms with E-state index in [0.29, 0.717) is 0 Å². The Labute approximate surface area is 76.5 Å². The molecule has 0 aromatic carbocycles. The summed E-state index contributed by atoms with van der Waals surface area (Å²) >= 11 is 0. The minimum absolute atomic E-state index is 0.218. The molecule has 0 aromatic rings. The molecule has 0 aliphatic heterocycles. The molecule has 0 spiro atoms. The number of aliphatic hydroxyl groups is 1. The molecule has 0 fully saturated rings. The second kappa shape index (κ2) is 5.36. The SMILES string of the molecule is CCCC=CC(O)CC(C)(C)C. The number of rotatable bonds is 4. The summed E-state index contributed by atoms with van der Waals surface area (Å²) < 4.78 is 0. The van der Waals surface area contributed by atoms with Crippen LogP contribution in [-0.2, 0) is 0 Å². The van der Waals surface area contributed by atoms with Gasteiger partial charge in [0, 0.05) is 0 Å². The van der Waals surface area contributed by atoms with Crippen molar-refractivity contribution < 1.29 is 5.11 Å². The molecule has 0 bridgehead atoms. The van der Waals surface area contributed by atoms with Gasteiger partial charge in [-0.3, -0.25) is 0 Å². The fourth-order valence-corrected chi connectivity index (χ4v) is 1.12. The molecule has 1 N–H and O–H groups in total. The molecule has 1 unspecified atom stereocenters. The molecule has 0 heterocycles. The highest BCUT2D eigenvalue weighted by Gasteiger charge is 2.13. The summed E-state index contributed by atoms with van der Waals surface area (Å²) in [6, 6.07) is 0. The smallest absolute Gasteiger partial charge is 0.0725 e. The Hall–Kier alpha value is -0.300. The standard InChI is InChI=1S/C11H22O/c1-5-6-7-8-10(12)9-11(2,3)4/h7-8,10,12H,5-6,9H2,1-4H3. The lowest BCUT2D eigenvalue weighted by Gasteiger charge is -2.20. The number of unbranched alkanes of at least 4 members (excludes halogenated alkanes) is 1. The van der Waals surface area contributed by atoms with Gasteiger partial charge in [-0.15, -0.1) is 0 Å². The van der Waals surface area contributed by atoms with E-state index in [1.807, 2.05) is 6.08 Å². The van der Waals surface area contributed by atoms with Crippen LogP contribution < -0.4 is 0 Å². The topological polar surface area (TPSA) is 20.2 Å². The zero-order valence-electron chi connectivity index (χ0n) is 8.80. The molecule has 0 amide bonds. The zero-order valence-corrected chi connectivity index (χ0v) is 8.80. The van der Waals surface area contributed by atoms with Gasteiger partial charge in [0.1, 0.15) is 0 Å². The van der Waals surface area contributed by atoms with Crippen molar-refractivity contribution in [2.45, 2.75) is 53.1 Å². The molecule has 0 radical (unpaired) electrons. The van der Waals surface area contributed by atoms with Gasteiger partial charge in [-0.05, 0) is 18.3 Å². The highest BCUT2D eigenvalue weighted by atomic mass is 16.3. The maximum absolute atomic E-state index is 9.52. The molecular formula is C11H22O. The minimum atomic E-state index is -0.267. The van der Waals surface area contributed by atoms with Crippen LogP contribution in [0.3, 0.4) is 0 Å². The summed E-state index contributed by atoms with van der Waals surface area (Å²) in [5, 5.41) is 9.52. The predicted molar refractivity (Wildman–Crippen MR) is 54.1 cm³/mol. The molecule has 0 rings (SSSR count). The second-order valence-electron chi connectivity index (χ2n) is 4.55. The van der Waals surface area contributed by atoms with Crippen LogP contribution in [0.1, 0.15) is 47.0 Å². The Morgan fingerprint density at radius 1 is 1.33 bits per heavy atom. The quantitative estimate of drug-likeness (QED) is 0.643. The van der Waals surface area contributed by atoms with Crippen LogP contribution in [0.25, 0.3) is 0 Å². The normalized spacial score (nSPS) is 15.4. The maximum atomic E-state index is 9.52. The number of aliphatic hydroxyl groups excluding tert-OH is 1. The Kier molecular flexibility index (Phi) is 5.23. The summed E-state index contributed by atoms with van der Waals surface area (Å²) in [6.07, 6.45) is 6.77. The van der Waals surface area contributed by atoms with E-state index in [1.165, 1.54) is 0 Å². The summed E-state index contributed by atoms with van der Waals surface area (Å²) in [4.78, 5) is 0. The van der Waals surface area contributed by atoms with Crippen molar-refractivity contribution in [2.24, 2.45) is 5.41 Å². The van der Waals surface area contributed by atoms with Gasteiger partial charge in [0.15, 0.2) is 0 Å². The fourth-order valence-electron chi connectivity index (χ4n) is 1.12. The first kappa shape index (κ1) is 11.7. The first-order valence-electron chi connectivity index (χ1n) is 4.80. The molecule has 0 aliphatic rings. The van der Waals surface area contributed by atoms with Gasteiger partial charge in [0.2, 0.25) is 0 Å². The average molecular weight is 170 g/mol. The summed E-state index contributed by atoms with van der Waals surface area (Å²) in [5.74, 6) is 0. The van der Waals surface area contributed by atoms with E-state index in [1.54, 1.807) is 0 Å². The predicted octanol–water partition coefficient (Wildman–Crippen LogP) is 3.14. The van der Waals surface area contributed by atoms with Crippen molar-refractivity contribution in [1.82, 2.24) is 0 Å². The molecule has 72 valence electrons. The lowest BCUT2D eigenvalue weighted by molar-refractivity contribution is 0.161. The number of allylic oxidation sites excluding steroid dienone is 1. The molecule has 0 aromatic heterocycles. The second-order valence-corrected chi connectivity index (χ2v) is 4.55.